The van der Waals surface area contributed by atoms with Crippen LogP contribution < -0.4 is 11.1 Å². The first-order valence-electron chi connectivity index (χ1n) is 4.74. The van der Waals surface area contributed by atoms with Crippen molar-refractivity contribution in [2.24, 2.45) is 5.73 Å². The summed E-state index contributed by atoms with van der Waals surface area (Å²) in [5.41, 5.74) is 6.49. The SMILES string of the molecule is COC(CN)C(=O)NC(C)c1ccsc1. The van der Waals surface area contributed by atoms with Gasteiger partial charge >= 0.3 is 0 Å². The van der Waals surface area contributed by atoms with Crippen LogP contribution in [0.1, 0.15) is 18.5 Å². The monoisotopic (exact) mass is 228 g/mol. The molecule has 0 spiro atoms. The molecule has 0 bridgehead atoms. The van der Waals surface area contributed by atoms with E-state index in [2.05, 4.69) is 5.32 Å². The summed E-state index contributed by atoms with van der Waals surface area (Å²) in [7, 11) is 1.48. The summed E-state index contributed by atoms with van der Waals surface area (Å²) in [6.07, 6.45) is -0.564. The molecule has 1 heterocycles. The largest absolute Gasteiger partial charge is 0.370 e. The van der Waals surface area contributed by atoms with Gasteiger partial charge in [0.05, 0.1) is 6.04 Å². The number of nitrogens with one attached hydrogen (secondary N) is 1. The molecule has 5 heteroatoms. The lowest BCUT2D eigenvalue weighted by Crippen LogP contribution is -2.41. The maximum absolute atomic E-state index is 11.6. The van der Waals surface area contributed by atoms with Gasteiger partial charge in [-0.25, -0.2) is 0 Å². The van der Waals surface area contributed by atoms with Crippen molar-refractivity contribution in [3.8, 4) is 0 Å². The minimum Gasteiger partial charge on any atom is -0.370 e. The Labute approximate surface area is 93.4 Å². The number of hydrogen-bond donors (Lipinski definition) is 2. The Hall–Kier alpha value is -0.910. The predicted octanol–water partition coefficient (Wildman–Crippen LogP) is 0.899. The zero-order valence-electron chi connectivity index (χ0n) is 8.90. The normalized spacial score (nSPS) is 14.6. The van der Waals surface area contributed by atoms with Crippen molar-refractivity contribution in [2.75, 3.05) is 13.7 Å². The van der Waals surface area contributed by atoms with E-state index in [1.165, 1.54) is 7.11 Å². The molecule has 0 radical (unpaired) electrons. The summed E-state index contributed by atoms with van der Waals surface area (Å²) < 4.78 is 4.95. The Morgan fingerprint density at radius 2 is 2.47 bits per heavy atom. The summed E-state index contributed by atoms with van der Waals surface area (Å²) in [5, 5.41) is 6.84. The van der Waals surface area contributed by atoms with Crippen LogP contribution in [0.3, 0.4) is 0 Å². The van der Waals surface area contributed by atoms with E-state index in [1.807, 2.05) is 23.8 Å². The van der Waals surface area contributed by atoms with Gasteiger partial charge in [0, 0.05) is 13.7 Å². The lowest BCUT2D eigenvalue weighted by molar-refractivity contribution is -0.131. The quantitative estimate of drug-likeness (QED) is 0.787. The molecule has 3 N–H and O–H groups in total. The summed E-state index contributed by atoms with van der Waals surface area (Å²) in [4.78, 5) is 11.6. The highest BCUT2D eigenvalue weighted by Crippen LogP contribution is 2.15. The molecule has 1 amide bonds. The van der Waals surface area contributed by atoms with Crippen molar-refractivity contribution >= 4 is 17.2 Å². The molecule has 84 valence electrons. The number of thiophene rings is 1. The van der Waals surface area contributed by atoms with Gasteiger partial charge in [-0.2, -0.15) is 11.3 Å². The van der Waals surface area contributed by atoms with Crippen molar-refractivity contribution in [2.45, 2.75) is 19.1 Å². The maximum atomic E-state index is 11.6. The number of carbonyl (C=O) groups excluding carboxylic acids is 1. The fourth-order valence-electron chi connectivity index (χ4n) is 1.22. The van der Waals surface area contributed by atoms with Crippen LogP contribution in [0.4, 0.5) is 0 Å². The molecule has 0 aromatic carbocycles. The first-order chi connectivity index (χ1) is 7.19. The second-order valence-corrected chi connectivity index (χ2v) is 4.03. The van der Waals surface area contributed by atoms with Crippen LogP contribution in [0.5, 0.6) is 0 Å². The lowest BCUT2D eigenvalue weighted by atomic mass is 10.2. The minimum absolute atomic E-state index is 0.00653. The van der Waals surface area contributed by atoms with Crippen LogP contribution in [0.2, 0.25) is 0 Å². The van der Waals surface area contributed by atoms with Crippen LogP contribution in [-0.4, -0.2) is 25.7 Å². The molecule has 0 fully saturated rings. The molecule has 15 heavy (non-hydrogen) atoms. The fourth-order valence-corrected chi connectivity index (χ4v) is 1.98. The molecule has 0 aliphatic carbocycles. The molecule has 1 aromatic heterocycles. The highest BCUT2D eigenvalue weighted by atomic mass is 32.1. The van der Waals surface area contributed by atoms with Crippen LogP contribution in [0, 0.1) is 0 Å². The molecule has 2 unspecified atom stereocenters. The highest BCUT2D eigenvalue weighted by molar-refractivity contribution is 7.07. The third kappa shape index (κ3) is 3.30. The zero-order valence-corrected chi connectivity index (χ0v) is 9.71. The number of ether oxygens (including phenoxy) is 1. The van der Waals surface area contributed by atoms with Crippen molar-refractivity contribution in [3.05, 3.63) is 22.4 Å². The standard InChI is InChI=1S/C10H16N2O2S/c1-7(8-3-4-15-6-8)12-10(13)9(5-11)14-2/h3-4,6-7,9H,5,11H2,1-2H3,(H,12,13). The first-order valence-corrected chi connectivity index (χ1v) is 5.68. The van der Waals surface area contributed by atoms with Crippen molar-refractivity contribution < 1.29 is 9.53 Å². The van der Waals surface area contributed by atoms with E-state index >= 15 is 0 Å². The predicted molar refractivity (Wildman–Crippen MR) is 60.7 cm³/mol. The summed E-state index contributed by atoms with van der Waals surface area (Å²) in [5.74, 6) is -0.168. The Morgan fingerprint density at radius 3 is 2.93 bits per heavy atom. The van der Waals surface area contributed by atoms with Gasteiger partial charge in [0.15, 0.2) is 0 Å². The summed E-state index contributed by atoms with van der Waals surface area (Å²) in [6.45, 7) is 2.13. The molecule has 1 rings (SSSR count). The molecule has 0 saturated heterocycles. The third-order valence-electron chi connectivity index (χ3n) is 2.19. The minimum atomic E-state index is -0.564. The summed E-state index contributed by atoms with van der Waals surface area (Å²) >= 11 is 1.61. The Kier molecular flexibility index (Phi) is 4.74. The molecular weight excluding hydrogens is 212 g/mol. The number of nitrogens with two attached hydrogens (primary N) is 1. The Bertz CT molecular complexity index is 296. The van der Waals surface area contributed by atoms with E-state index < -0.39 is 6.10 Å². The lowest BCUT2D eigenvalue weighted by Gasteiger charge is -2.17. The number of rotatable bonds is 5. The molecule has 2 atom stereocenters. The second-order valence-electron chi connectivity index (χ2n) is 3.25. The van der Waals surface area contributed by atoms with E-state index in [-0.39, 0.29) is 18.5 Å². The molecule has 0 aliphatic rings. The van der Waals surface area contributed by atoms with Crippen molar-refractivity contribution in [1.29, 1.82) is 0 Å². The van der Waals surface area contributed by atoms with Gasteiger partial charge in [-0.3, -0.25) is 4.79 Å². The van der Waals surface area contributed by atoms with Gasteiger partial charge in [-0.05, 0) is 29.3 Å². The third-order valence-corrected chi connectivity index (χ3v) is 2.89. The van der Waals surface area contributed by atoms with Gasteiger partial charge in [0.1, 0.15) is 6.10 Å². The van der Waals surface area contributed by atoms with E-state index in [1.54, 1.807) is 11.3 Å². The van der Waals surface area contributed by atoms with E-state index in [4.69, 9.17) is 10.5 Å². The fraction of sp³-hybridized carbons (Fsp3) is 0.500. The van der Waals surface area contributed by atoms with E-state index in [0.29, 0.717) is 0 Å². The van der Waals surface area contributed by atoms with Gasteiger partial charge in [-0.1, -0.05) is 0 Å². The van der Waals surface area contributed by atoms with Crippen molar-refractivity contribution in [3.63, 3.8) is 0 Å². The smallest absolute Gasteiger partial charge is 0.250 e. The molecule has 1 aromatic rings. The second kappa shape index (κ2) is 5.85. The zero-order chi connectivity index (χ0) is 11.3. The molecule has 0 aliphatic heterocycles. The number of hydrogen-bond acceptors (Lipinski definition) is 4. The van der Waals surface area contributed by atoms with Crippen LogP contribution in [0.15, 0.2) is 16.8 Å². The van der Waals surface area contributed by atoms with Gasteiger partial charge in [0.25, 0.3) is 5.91 Å². The summed E-state index contributed by atoms with van der Waals surface area (Å²) in [6, 6.07) is 1.98. The topological polar surface area (TPSA) is 64.3 Å². The van der Waals surface area contributed by atoms with E-state index in [9.17, 15) is 4.79 Å². The van der Waals surface area contributed by atoms with Gasteiger partial charge < -0.3 is 15.8 Å². The maximum Gasteiger partial charge on any atom is 0.250 e. The highest BCUT2D eigenvalue weighted by Gasteiger charge is 2.18. The number of methoxy groups -OCH3 is 1. The average molecular weight is 228 g/mol. The first kappa shape index (κ1) is 12.2. The van der Waals surface area contributed by atoms with Crippen LogP contribution in [0.25, 0.3) is 0 Å². The number of carbonyl (C=O) groups is 1. The molecule has 0 saturated carbocycles. The average Bonchev–Trinajstić information content (AvgIpc) is 2.72. The van der Waals surface area contributed by atoms with Gasteiger partial charge in [-0.15, -0.1) is 0 Å². The van der Waals surface area contributed by atoms with Crippen LogP contribution >= 0.6 is 11.3 Å². The van der Waals surface area contributed by atoms with E-state index in [0.717, 1.165) is 5.56 Å². The van der Waals surface area contributed by atoms with Gasteiger partial charge in [0.2, 0.25) is 0 Å². The Balaban J connectivity index is 2.51. The molecule has 4 nitrogen and oxygen atoms in total. The molecular formula is C10H16N2O2S. The Morgan fingerprint density at radius 1 is 1.73 bits per heavy atom. The number of amides is 1. The van der Waals surface area contributed by atoms with Crippen molar-refractivity contribution in [1.82, 2.24) is 5.32 Å². The van der Waals surface area contributed by atoms with Crippen LogP contribution in [-0.2, 0) is 9.53 Å².